The average Bonchev–Trinajstić information content (AvgIpc) is 2.88. The van der Waals surface area contributed by atoms with Gasteiger partial charge in [0.05, 0.1) is 17.3 Å². The molecule has 0 radical (unpaired) electrons. The molecule has 0 aromatic heterocycles. The molecule has 3 aromatic rings. The number of hydrogen-bond donors (Lipinski definition) is 1. The molecule has 35 heavy (non-hydrogen) atoms. The van der Waals surface area contributed by atoms with Gasteiger partial charge in [0.25, 0.3) is 11.8 Å². The lowest BCUT2D eigenvalue weighted by Crippen LogP contribution is -2.48. The lowest BCUT2D eigenvalue weighted by atomic mass is 10.1. The summed E-state index contributed by atoms with van der Waals surface area (Å²) >= 11 is 6.58. The van der Waals surface area contributed by atoms with Crippen LogP contribution in [-0.2, 0) is 0 Å². The maximum atomic E-state index is 12.7. The summed E-state index contributed by atoms with van der Waals surface area (Å²) in [4.78, 5) is 29.4. The molecule has 1 fully saturated rings. The van der Waals surface area contributed by atoms with Gasteiger partial charge in [-0.1, -0.05) is 43.6 Å². The summed E-state index contributed by atoms with van der Waals surface area (Å²) in [6, 6.07) is 22.0. The summed E-state index contributed by atoms with van der Waals surface area (Å²) in [5.41, 5.74) is 2.77. The van der Waals surface area contributed by atoms with Crippen LogP contribution >= 0.6 is 11.6 Å². The van der Waals surface area contributed by atoms with E-state index in [9.17, 15) is 9.59 Å². The Bertz CT molecular complexity index is 1160. The van der Waals surface area contributed by atoms with Gasteiger partial charge < -0.3 is 19.9 Å². The third kappa shape index (κ3) is 6.34. The molecule has 182 valence electrons. The van der Waals surface area contributed by atoms with Crippen molar-refractivity contribution in [2.24, 2.45) is 5.92 Å². The summed E-state index contributed by atoms with van der Waals surface area (Å²) < 4.78 is 5.67. The van der Waals surface area contributed by atoms with Crippen molar-refractivity contribution in [2.45, 2.75) is 13.8 Å². The number of anilines is 2. The molecule has 1 heterocycles. The predicted octanol–water partition coefficient (Wildman–Crippen LogP) is 5.59. The maximum absolute atomic E-state index is 12.7. The van der Waals surface area contributed by atoms with E-state index in [-0.39, 0.29) is 11.8 Å². The molecular weight excluding hydrogens is 462 g/mol. The number of nitrogens with one attached hydrogen (secondary N) is 1. The molecule has 0 spiro atoms. The van der Waals surface area contributed by atoms with E-state index >= 15 is 0 Å². The molecule has 0 aliphatic carbocycles. The number of benzene rings is 3. The number of hydrogen-bond acceptors (Lipinski definition) is 4. The monoisotopic (exact) mass is 491 g/mol. The van der Waals surface area contributed by atoms with Crippen molar-refractivity contribution in [3.8, 4) is 5.75 Å². The number of carbonyl (C=O) groups is 2. The summed E-state index contributed by atoms with van der Waals surface area (Å²) in [6.07, 6.45) is 0. The van der Waals surface area contributed by atoms with E-state index in [0.29, 0.717) is 60.5 Å². The average molecular weight is 492 g/mol. The third-order valence-electron chi connectivity index (χ3n) is 5.83. The second-order valence-corrected chi connectivity index (χ2v) is 9.40. The van der Waals surface area contributed by atoms with Crippen LogP contribution in [0.5, 0.6) is 5.75 Å². The van der Waals surface area contributed by atoms with Gasteiger partial charge in [-0.05, 0) is 60.5 Å². The van der Waals surface area contributed by atoms with Crippen LogP contribution in [0.2, 0.25) is 5.02 Å². The molecule has 1 saturated heterocycles. The first-order valence-corrected chi connectivity index (χ1v) is 12.2. The highest BCUT2D eigenvalue weighted by Gasteiger charge is 2.23. The Labute approximate surface area is 211 Å². The van der Waals surface area contributed by atoms with Gasteiger partial charge in [-0.2, -0.15) is 0 Å². The normalized spacial score (nSPS) is 13.6. The van der Waals surface area contributed by atoms with Gasteiger partial charge >= 0.3 is 0 Å². The zero-order valence-electron chi connectivity index (χ0n) is 20.0. The van der Waals surface area contributed by atoms with Gasteiger partial charge in [0.1, 0.15) is 5.75 Å². The highest BCUT2D eigenvalue weighted by Crippen LogP contribution is 2.30. The first-order chi connectivity index (χ1) is 16.9. The molecule has 7 heteroatoms. The Morgan fingerprint density at radius 1 is 0.914 bits per heavy atom. The second kappa shape index (κ2) is 11.3. The van der Waals surface area contributed by atoms with Crippen LogP contribution in [0.25, 0.3) is 0 Å². The number of piperazine rings is 1. The van der Waals surface area contributed by atoms with Gasteiger partial charge in [-0.25, -0.2) is 0 Å². The molecule has 3 aromatic carbocycles. The molecule has 0 saturated carbocycles. The number of nitrogens with zero attached hydrogens (tertiary/aromatic N) is 2. The van der Waals surface area contributed by atoms with Crippen molar-refractivity contribution in [2.75, 3.05) is 43.0 Å². The van der Waals surface area contributed by atoms with Crippen LogP contribution in [0.1, 0.15) is 34.6 Å². The van der Waals surface area contributed by atoms with Crippen LogP contribution in [0, 0.1) is 5.92 Å². The number of halogens is 1. The van der Waals surface area contributed by atoms with Gasteiger partial charge in [0, 0.05) is 43.0 Å². The van der Waals surface area contributed by atoms with Gasteiger partial charge in [0.15, 0.2) is 0 Å². The van der Waals surface area contributed by atoms with E-state index < -0.39 is 0 Å². The van der Waals surface area contributed by atoms with Crippen molar-refractivity contribution >= 4 is 34.8 Å². The summed E-state index contributed by atoms with van der Waals surface area (Å²) in [7, 11) is 0. The van der Waals surface area contributed by atoms with E-state index in [1.165, 1.54) is 0 Å². The van der Waals surface area contributed by atoms with Crippen LogP contribution in [0.3, 0.4) is 0 Å². The lowest BCUT2D eigenvalue weighted by molar-refractivity contribution is 0.0746. The minimum atomic E-state index is -0.211. The molecule has 1 aliphatic heterocycles. The molecule has 6 nitrogen and oxygen atoms in total. The SMILES string of the molecule is CC(C)COc1ccc(C(=O)Nc2ccc(N3CCN(C(=O)c4ccccc4)CC3)c(Cl)c2)cc1. The van der Waals surface area contributed by atoms with E-state index in [0.717, 1.165) is 11.4 Å². The summed E-state index contributed by atoms with van der Waals surface area (Å²) in [5, 5.41) is 3.46. The number of amides is 2. The van der Waals surface area contributed by atoms with Crippen molar-refractivity contribution < 1.29 is 14.3 Å². The Kier molecular flexibility index (Phi) is 7.93. The predicted molar refractivity (Wildman–Crippen MR) is 141 cm³/mol. The fraction of sp³-hybridized carbons (Fsp3) is 0.286. The largest absolute Gasteiger partial charge is 0.493 e. The topological polar surface area (TPSA) is 61.9 Å². The van der Waals surface area contributed by atoms with Crippen LogP contribution in [0.4, 0.5) is 11.4 Å². The smallest absolute Gasteiger partial charge is 0.255 e. The van der Waals surface area contributed by atoms with Crippen molar-refractivity contribution in [3.05, 3.63) is 88.9 Å². The van der Waals surface area contributed by atoms with E-state index in [2.05, 4.69) is 24.1 Å². The zero-order chi connectivity index (χ0) is 24.8. The molecule has 1 aliphatic rings. The zero-order valence-corrected chi connectivity index (χ0v) is 20.8. The Morgan fingerprint density at radius 2 is 1.60 bits per heavy atom. The summed E-state index contributed by atoms with van der Waals surface area (Å²) in [6.45, 7) is 7.44. The van der Waals surface area contributed by atoms with Crippen LogP contribution in [-0.4, -0.2) is 49.5 Å². The van der Waals surface area contributed by atoms with E-state index in [1.54, 1.807) is 30.3 Å². The van der Waals surface area contributed by atoms with Crippen LogP contribution in [0.15, 0.2) is 72.8 Å². The first kappa shape index (κ1) is 24.6. The van der Waals surface area contributed by atoms with E-state index in [1.807, 2.05) is 47.4 Å². The van der Waals surface area contributed by atoms with Crippen molar-refractivity contribution in [3.63, 3.8) is 0 Å². The fourth-order valence-electron chi connectivity index (χ4n) is 3.92. The quantitative estimate of drug-likeness (QED) is 0.468. The second-order valence-electron chi connectivity index (χ2n) is 8.99. The molecule has 4 rings (SSSR count). The standard InChI is InChI=1S/C28H30ClN3O3/c1-20(2)19-35-24-11-8-21(9-12-24)27(33)30-23-10-13-26(25(29)18-23)31-14-16-32(17-15-31)28(34)22-6-4-3-5-7-22/h3-13,18,20H,14-17,19H2,1-2H3,(H,30,33). The molecule has 0 atom stereocenters. The highest BCUT2D eigenvalue weighted by atomic mass is 35.5. The molecule has 0 unspecified atom stereocenters. The minimum Gasteiger partial charge on any atom is -0.493 e. The molecule has 1 N–H and O–H groups in total. The Morgan fingerprint density at radius 3 is 2.23 bits per heavy atom. The molecule has 0 bridgehead atoms. The lowest BCUT2D eigenvalue weighted by Gasteiger charge is -2.36. The Hall–Kier alpha value is -3.51. The van der Waals surface area contributed by atoms with Gasteiger partial charge in [-0.3, -0.25) is 9.59 Å². The van der Waals surface area contributed by atoms with Crippen molar-refractivity contribution in [1.82, 2.24) is 4.90 Å². The maximum Gasteiger partial charge on any atom is 0.255 e. The Balaban J connectivity index is 1.33. The summed E-state index contributed by atoms with van der Waals surface area (Å²) in [5.74, 6) is 1.02. The number of rotatable bonds is 7. The molecular formula is C28H30ClN3O3. The first-order valence-electron chi connectivity index (χ1n) is 11.8. The highest BCUT2D eigenvalue weighted by molar-refractivity contribution is 6.33. The van der Waals surface area contributed by atoms with E-state index in [4.69, 9.17) is 16.3 Å². The minimum absolute atomic E-state index is 0.0499. The van der Waals surface area contributed by atoms with Crippen molar-refractivity contribution in [1.29, 1.82) is 0 Å². The molecule has 2 amide bonds. The van der Waals surface area contributed by atoms with Gasteiger partial charge in [0.2, 0.25) is 0 Å². The van der Waals surface area contributed by atoms with Crippen LogP contribution < -0.4 is 15.0 Å². The number of carbonyl (C=O) groups excluding carboxylic acids is 2. The third-order valence-corrected chi connectivity index (χ3v) is 6.14. The fourth-order valence-corrected chi connectivity index (χ4v) is 4.22. The number of ether oxygens (including phenoxy) is 1. The van der Waals surface area contributed by atoms with Gasteiger partial charge in [-0.15, -0.1) is 0 Å².